The van der Waals surface area contributed by atoms with Gasteiger partial charge in [-0.1, -0.05) is 48.0 Å². The first kappa shape index (κ1) is 21.7. The number of aryl methyl sites for hydroxylation is 2. The average Bonchev–Trinajstić information content (AvgIpc) is 3.11. The van der Waals surface area contributed by atoms with Crippen molar-refractivity contribution in [3.63, 3.8) is 0 Å². The molecule has 1 aliphatic rings. The van der Waals surface area contributed by atoms with Crippen LogP contribution in [-0.2, 0) is 11.4 Å². The number of methoxy groups -OCH3 is 1. The van der Waals surface area contributed by atoms with Crippen LogP contribution in [0.1, 0.15) is 22.3 Å². The molecule has 5 nitrogen and oxygen atoms in total. The minimum atomic E-state index is -0.167. The predicted molar refractivity (Wildman–Crippen MR) is 130 cm³/mol. The number of amidine groups is 1. The number of thioether (sulfide) groups is 1. The maximum absolute atomic E-state index is 12.4. The van der Waals surface area contributed by atoms with Gasteiger partial charge in [-0.25, -0.2) is 4.99 Å². The lowest BCUT2D eigenvalue weighted by molar-refractivity contribution is -0.115. The third-order valence-electron chi connectivity index (χ3n) is 4.85. The summed E-state index contributed by atoms with van der Waals surface area (Å²) >= 11 is 1.32. The minimum Gasteiger partial charge on any atom is -0.493 e. The molecule has 0 aromatic heterocycles. The molecule has 1 heterocycles. The second kappa shape index (κ2) is 9.75. The summed E-state index contributed by atoms with van der Waals surface area (Å²) in [4.78, 5) is 17.5. The Morgan fingerprint density at radius 2 is 1.75 bits per heavy atom. The number of benzene rings is 3. The SMILES string of the molecule is COc1cc(/C=C2\SC(=Nc3cccc(C)c3)NC2=O)ccc1OCc1cccc(C)c1. The molecule has 3 aromatic rings. The lowest BCUT2D eigenvalue weighted by atomic mass is 10.1. The van der Waals surface area contributed by atoms with E-state index in [-0.39, 0.29) is 5.91 Å². The Kier molecular flexibility index (Phi) is 6.61. The van der Waals surface area contributed by atoms with Gasteiger partial charge in [0.05, 0.1) is 17.7 Å². The molecule has 1 fully saturated rings. The number of hydrogen-bond acceptors (Lipinski definition) is 5. The van der Waals surface area contributed by atoms with E-state index in [9.17, 15) is 4.79 Å². The number of aliphatic imine (C=N–C) groups is 1. The van der Waals surface area contributed by atoms with Gasteiger partial charge in [-0.05, 0) is 72.6 Å². The molecule has 0 aliphatic carbocycles. The van der Waals surface area contributed by atoms with E-state index in [2.05, 4.69) is 29.4 Å². The van der Waals surface area contributed by atoms with E-state index in [1.807, 2.05) is 67.6 Å². The molecular formula is C26H24N2O3S. The zero-order valence-corrected chi connectivity index (χ0v) is 19.0. The first-order valence-electron chi connectivity index (χ1n) is 10.2. The van der Waals surface area contributed by atoms with E-state index in [1.54, 1.807) is 7.11 Å². The van der Waals surface area contributed by atoms with Gasteiger partial charge in [0.25, 0.3) is 5.91 Å². The Hall–Kier alpha value is -3.51. The number of carbonyl (C=O) groups is 1. The van der Waals surface area contributed by atoms with Crippen LogP contribution in [0.5, 0.6) is 11.5 Å². The summed E-state index contributed by atoms with van der Waals surface area (Å²) in [7, 11) is 1.61. The quantitative estimate of drug-likeness (QED) is 0.490. The molecule has 32 heavy (non-hydrogen) atoms. The molecular weight excluding hydrogens is 420 g/mol. The maximum Gasteiger partial charge on any atom is 0.264 e. The Labute approximate surface area is 192 Å². The molecule has 162 valence electrons. The summed E-state index contributed by atoms with van der Waals surface area (Å²) < 4.78 is 11.5. The maximum atomic E-state index is 12.4. The highest BCUT2D eigenvalue weighted by molar-refractivity contribution is 8.18. The van der Waals surface area contributed by atoms with Crippen molar-refractivity contribution in [3.05, 3.63) is 93.9 Å². The zero-order valence-electron chi connectivity index (χ0n) is 18.2. The smallest absolute Gasteiger partial charge is 0.264 e. The highest BCUT2D eigenvalue weighted by atomic mass is 32.2. The van der Waals surface area contributed by atoms with Crippen LogP contribution in [0.4, 0.5) is 5.69 Å². The number of ether oxygens (including phenoxy) is 2. The number of hydrogen-bond donors (Lipinski definition) is 1. The first-order valence-corrected chi connectivity index (χ1v) is 11.0. The van der Waals surface area contributed by atoms with Gasteiger partial charge in [-0.2, -0.15) is 0 Å². The molecule has 0 spiro atoms. The van der Waals surface area contributed by atoms with E-state index >= 15 is 0 Å². The summed E-state index contributed by atoms with van der Waals surface area (Å²) in [6.45, 7) is 4.52. The summed E-state index contributed by atoms with van der Waals surface area (Å²) in [5.41, 5.74) is 5.06. The van der Waals surface area contributed by atoms with Crippen molar-refractivity contribution in [3.8, 4) is 11.5 Å². The Morgan fingerprint density at radius 3 is 2.50 bits per heavy atom. The van der Waals surface area contributed by atoms with E-state index in [4.69, 9.17) is 9.47 Å². The van der Waals surface area contributed by atoms with Crippen LogP contribution in [0.3, 0.4) is 0 Å². The van der Waals surface area contributed by atoms with Crippen molar-refractivity contribution < 1.29 is 14.3 Å². The lowest BCUT2D eigenvalue weighted by Crippen LogP contribution is -2.19. The highest BCUT2D eigenvalue weighted by Gasteiger charge is 2.24. The number of rotatable bonds is 6. The fraction of sp³-hybridized carbons (Fsp3) is 0.154. The average molecular weight is 445 g/mol. The molecule has 6 heteroatoms. The van der Waals surface area contributed by atoms with Gasteiger partial charge < -0.3 is 14.8 Å². The molecule has 0 atom stereocenters. The van der Waals surface area contributed by atoms with Gasteiger partial charge in [-0.15, -0.1) is 0 Å². The fourth-order valence-electron chi connectivity index (χ4n) is 3.30. The second-order valence-corrected chi connectivity index (χ2v) is 8.54. The number of amides is 1. The lowest BCUT2D eigenvalue weighted by Gasteiger charge is -2.12. The third-order valence-corrected chi connectivity index (χ3v) is 5.76. The Balaban J connectivity index is 1.49. The first-order chi connectivity index (χ1) is 15.5. The van der Waals surface area contributed by atoms with E-state index in [1.165, 1.54) is 17.3 Å². The standard InChI is InChI=1S/C26H24N2O3S/c1-17-6-4-8-20(12-17)16-31-22-11-10-19(14-23(22)30-3)15-24-25(29)28-26(32-24)27-21-9-5-7-18(2)13-21/h4-15H,16H2,1-3H3,(H,27,28,29)/b24-15-. The van der Waals surface area contributed by atoms with Gasteiger partial charge in [-0.3, -0.25) is 4.79 Å². The molecule has 0 saturated carbocycles. The van der Waals surface area contributed by atoms with Crippen LogP contribution in [-0.4, -0.2) is 18.2 Å². The van der Waals surface area contributed by atoms with Crippen molar-refractivity contribution >= 4 is 34.6 Å². The summed E-state index contributed by atoms with van der Waals surface area (Å²) in [5.74, 6) is 1.10. The van der Waals surface area contributed by atoms with Crippen molar-refractivity contribution in [2.24, 2.45) is 4.99 Å². The van der Waals surface area contributed by atoms with Crippen LogP contribution in [0.25, 0.3) is 6.08 Å². The molecule has 1 N–H and O–H groups in total. The summed E-state index contributed by atoms with van der Waals surface area (Å²) in [6.07, 6.45) is 1.83. The largest absolute Gasteiger partial charge is 0.493 e. The Morgan fingerprint density at radius 1 is 0.969 bits per heavy atom. The molecule has 0 radical (unpaired) electrons. The predicted octanol–water partition coefficient (Wildman–Crippen LogP) is 5.78. The topological polar surface area (TPSA) is 59.9 Å². The molecule has 1 saturated heterocycles. The van der Waals surface area contributed by atoms with Crippen molar-refractivity contribution in [2.45, 2.75) is 20.5 Å². The van der Waals surface area contributed by atoms with Crippen LogP contribution >= 0.6 is 11.8 Å². The minimum absolute atomic E-state index is 0.167. The molecule has 1 amide bonds. The second-order valence-electron chi connectivity index (χ2n) is 7.51. The van der Waals surface area contributed by atoms with Crippen LogP contribution in [0.2, 0.25) is 0 Å². The normalized spacial score (nSPS) is 15.8. The fourth-order valence-corrected chi connectivity index (χ4v) is 4.14. The highest BCUT2D eigenvalue weighted by Crippen LogP contribution is 2.32. The molecule has 4 rings (SSSR count). The summed E-state index contributed by atoms with van der Waals surface area (Å²) in [5, 5.41) is 3.39. The summed E-state index contributed by atoms with van der Waals surface area (Å²) in [6, 6.07) is 21.7. The van der Waals surface area contributed by atoms with Gasteiger partial charge >= 0.3 is 0 Å². The molecule has 3 aromatic carbocycles. The Bertz CT molecular complexity index is 1220. The monoisotopic (exact) mass is 444 g/mol. The zero-order chi connectivity index (χ0) is 22.5. The number of nitrogens with one attached hydrogen (secondary N) is 1. The van der Waals surface area contributed by atoms with Crippen molar-refractivity contribution in [1.29, 1.82) is 0 Å². The van der Waals surface area contributed by atoms with Crippen molar-refractivity contribution in [2.75, 3.05) is 7.11 Å². The van der Waals surface area contributed by atoms with E-state index in [0.717, 1.165) is 22.4 Å². The molecule has 0 bridgehead atoms. The van der Waals surface area contributed by atoms with Gasteiger partial charge in [0, 0.05) is 0 Å². The van der Waals surface area contributed by atoms with Gasteiger partial charge in [0.15, 0.2) is 16.7 Å². The van der Waals surface area contributed by atoms with E-state index in [0.29, 0.717) is 28.2 Å². The number of carbonyl (C=O) groups excluding carboxylic acids is 1. The van der Waals surface area contributed by atoms with E-state index < -0.39 is 0 Å². The molecule has 0 unspecified atom stereocenters. The van der Waals surface area contributed by atoms with Gasteiger partial charge in [0.1, 0.15) is 6.61 Å². The van der Waals surface area contributed by atoms with Crippen LogP contribution < -0.4 is 14.8 Å². The van der Waals surface area contributed by atoms with Crippen LogP contribution in [0.15, 0.2) is 76.6 Å². The molecule has 1 aliphatic heterocycles. The third kappa shape index (κ3) is 5.39. The van der Waals surface area contributed by atoms with Gasteiger partial charge in [0.2, 0.25) is 0 Å². The van der Waals surface area contributed by atoms with Crippen LogP contribution in [0, 0.1) is 13.8 Å². The van der Waals surface area contributed by atoms with Crippen molar-refractivity contribution in [1.82, 2.24) is 5.32 Å². The number of nitrogens with zero attached hydrogens (tertiary/aromatic N) is 1.